The first-order chi connectivity index (χ1) is 8.62. The molecule has 0 aromatic carbocycles. The number of hydrogen-bond acceptors (Lipinski definition) is 4. The van der Waals surface area contributed by atoms with Gasteiger partial charge in [0.15, 0.2) is 0 Å². The molecule has 19 heavy (non-hydrogen) atoms. The summed E-state index contributed by atoms with van der Waals surface area (Å²) in [6.45, 7) is 12.4. The fraction of sp³-hybridized carbons (Fsp3) is 0.867. The first kappa shape index (κ1) is 17.9. The summed E-state index contributed by atoms with van der Waals surface area (Å²) in [5.41, 5.74) is -0.0636. The minimum Gasteiger partial charge on any atom is -0.465 e. The molecule has 0 amide bonds. The number of rotatable bonds is 7. The summed E-state index contributed by atoms with van der Waals surface area (Å²) in [5.74, 6) is -0.161. The van der Waals surface area contributed by atoms with E-state index in [-0.39, 0.29) is 36.3 Å². The van der Waals surface area contributed by atoms with Crippen molar-refractivity contribution in [1.29, 1.82) is 0 Å². The Morgan fingerprint density at radius 1 is 1.00 bits per heavy atom. The molecule has 0 aromatic rings. The highest BCUT2D eigenvalue weighted by Crippen LogP contribution is 2.22. The SMILES string of the molecule is CC(C)COC(=O)CCCC(=O)OC(C)C(C)(C)C. The Hall–Kier alpha value is -1.06. The smallest absolute Gasteiger partial charge is 0.306 e. The van der Waals surface area contributed by atoms with E-state index in [1.54, 1.807) is 0 Å². The van der Waals surface area contributed by atoms with Gasteiger partial charge in [0, 0.05) is 12.8 Å². The molecule has 0 fully saturated rings. The number of ether oxygens (including phenoxy) is 2. The Balaban J connectivity index is 3.78. The summed E-state index contributed by atoms with van der Waals surface area (Å²) in [7, 11) is 0. The van der Waals surface area contributed by atoms with Crippen molar-refractivity contribution in [3.05, 3.63) is 0 Å². The zero-order valence-corrected chi connectivity index (χ0v) is 13.1. The molecule has 0 saturated carbocycles. The highest BCUT2D eigenvalue weighted by Gasteiger charge is 2.23. The van der Waals surface area contributed by atoms with Crippen LogP contribution in [0.25, 0.3) is 0 Å². The third-order valence-corrected chi connectivity index (χ3v) is 2.87. The van der Waals surface area contributed by atoms with E-state index in [1.807, 2.05) is 41.5 Å². The minimum absolute atomic E-state index is 0.0636. The van der Waals surface area contributed by atoms with Crippen molar-refractivity contribution in [1.82, 2.24) is 0 Å². The molecule has 0 N–H and O–H groups in total. The molecule has 4 heteroatoms. The number of hydrogen-bond donors (Lipinski definition) is 0. The van der Waals surface area contributed by atoms with Gasteiger partial charge in [-0.25, -0.2) is 0 Å². The van der Waals surface area contributed by atoms with Crippen molar-refractivity contribution in [3.8, 4) is 0 Å². The largest absolute Gasteiger partial charge is 0.465 e. The van der Waals surface area contributed by atoms with Crippen LogP contribution < -0.4 is 0 Å². The second-order valence-corrected chi connectivity index (χ2v) is 6.43. The van der Waals surface area contributed by atoms with Gasteiger partial charge >= 0.3 is 11.9 Å². The van der Waals surface area contributed by atoms with Crippen LogP contribution in [0.4, 0.5) is 0 Å². The lowest BCUT2D eigenvalue weighted by molar-refractivity contribution is -0.153. The molecule has 0 aliphatic carbocycles. The van der Waals surface area contributed by atoms with Crippen LogP contribution in [0.1, 0.15) is 60.8 Å². The van der Waals surface area contributed by atoms with Gasteiger partial charge in [-0.2, -0.15) is 0 Å². The Labute approximate surface area is 116 Å². The number of esters is 2. The summed E-state index contributed by atoms with van der Waals surface area (Å²) >= 11 is 0. The predicted octanol–water partition coefficient (Wildman–Crippen LogP) is 3.33. The summed E-state index contributed by atoms with van der Waals surface area (Å²) in [6, 6.07) is 0. The van der Waals surface area contributed by atoms with Crippen molar-refractivity contribution in [2.45, 2.75) is 66.9 Å². The molecule has 0 aliphatic heterocycles. The third kappa shape index (κ3) is 9.51. The molecule has 4 nitrogen and oxygen atoms in total. The van der Waals surface area contributed by atoms with E-state index in [4.69, 9.17) is 9.47 Å². The van der Waals surface area contributed by atoms with E-state index in [2.05, 4.69) is 0 Å². The Kier molecular flexibility index (Phi) is 7.72. The van der Waals surface area contributed by atoms with Gasteiger partial charge in [0.1, 0.15) is 6.10 Å². The standard InChI is InChI=1S/C15H28O4/c1-11(2)10-18-13(16)8-7-9-14(17)19-12(3)15(4,5)6/h11-12H,7-10H2,1-6H3. The molecule has 0 aliphatic rings. The summed E-state index contributed by atoms with van der Waals surface area (Å²) < 4.78 is 10.3. The molecule has 1 unspecified atom stereocenters. The predicted molar refractivity (Wildman–Crippen MR) is 74.7 cm³/mol. The van der Waals surface area contributed by atoms with Crippen LogP contribution in [0.3, 0.4) is 0 Å². The zero-order valence-electron chi connectivity index (χ0n) is 13.1. The van der Waals surface area contributed by atoms with Gasteiger partial charge in [-0.05, 0) is 24.7 Å². The lowest BCUT2D eigenvalue weighted by Crippen LogP contribution is -2.28. The van der Waals surface area contributed by atoms with Gasteiger partial charge in [0.25, 0.3) is 0 Å². The van der Waals surface area contributed by atoms with E-state index >= 15 is 0 Å². The van der Waals surface area contributed by atoms with Crippen LogP contribution in [0.15, 0.2) is 0 Å². The van der Waals surface area contributed by atoms with Crippen LogP contribution in [0.5, 0.6) is 0 Å². The van der Waals surface area contributed by atoms with E-state index in [1.165, 1.54) is 0 Å². The van der Waals surface area contributed by atoms with Crippen LogP contribution >= 0.6 is 0 Å². The van der Waals surface area contributed by atoms with Crippen LogP contribution in [0.2, 0.25) is 0 Å². The van der Waals surface area contributed by atoms with Crippen LogP contribution in [-0.4, -0.2) is 24.6 Å². The molecule has 112 valence electrons. The zero-order chi connectivity index (χ0) is 15.1. The molecule has 0 heterocycles. The second-order valence-electron chi connectivity index (χ2n) is 6.43. The van der Waals surface area contributed by atoms with E-state index < -0.39 is 0 Å². The lowest BCUT2D eigenvalue weighted by Gasteiger charge is -2.26. The molecule has 0 saturated heterocycles. The fourth-order valence-electron chi connectivity index (χ4n) is 1.14. The normalized spacial score (nSPS) is 13.2. The van der Waals surface area contributed by atoms with Crippen molar-refractivity contribution >= 4 is 11.9 Å². The Bertz CT molecular complexity index is 289. The monoisotopic (exact) mass is 272 g/mol. The maximum atomic E-state index is 11.6. The number of carbonyl (C=O) groups is 2. The molecular formula is C15H28O4. The molecule has 0 aromatic heterocycles. The average Bonchev–Trinajstić information content (AvgIpc) is 2.24. The van der Waals surface area contributed by atoms with Crippen LogP contribution in [0, 0.1) is 11.3 Å². The van der Waals surface area contributed by atoms with Gasteiger partial charge in [-0.1, -0.05) is 34.6 Å². The van der Waals surface area contributed by atoms with Gasteiger partial charge < -0.3 is 9.47 Å². The van der Waals surface area contributed by atoms with E-state index in [9.17, 15) is 9.59 Å². The molecule has 1 atom stereocenters. The molecule has 0 bridgehead atoms. The molecular weight excluding hydrogens is 244 g/mol. The highest BCUT2D eigenvalue weighted by atomic mass is 16.5. The van der Waals surface area contributed by atoms with Gasteiger partial charge in [-0.15, -0.1) is 0 Å². The quantitative estimate of drug-likeness (QED) is 0.667. The maximum absolute atomic E-state index is 11.6. The van der Waals surface area contributed by atoms with E-state index in [0.717, 1.165) is 0 Å². The molecule has 0 radical (unpaired) electrons. The molecule has 0 rings (SSSR count). The van der Waals surface area contributed by atoms with Gasteiger partial charge in [0.2, 0.25) is 0 Å². The highest BCUT2D eigenvalue weighted by molar-refractivity contribution is 5.72. The van der Waals surface area contributed by atoms with Gasteiger partial charge in [0.05, 0.1) is 6.61 Å². The summed E-state index contributed by atoms with van der Waals surface area (Å²) in [6.07, 6.45) is 0.878. The topological polar surface area (TPSA) is 52.6 Å². The minimum atomic E-state index is -0.251. The van der Waals surface area contributed by atoms with Crippen molar-refractivity contribution < 1.29 is 19.1 Å². The first-order valence-corrected chi connectivity index (χ1v) is 6.98. The average molecular weight is 272 g/mol. The lowest BCUT2D eigenvalue weighted by atomic mass is 9.90. The molecule has 0 spiro atoms. The third-order valence-electron chi connectivity index (χ3n) is 2.87. The Morgan fingerprint density at radius 2 is 1.53 bits per heavy atom. The Morgan fingerprint density at radius 3 is 2.00 bits per heavy atom. The van der Waals surface area contributed by atoms with Crippen molar-refractivity contribution in [2.24, 2.45) is 11.3 Å². The second kappa shape index (κ2) is 8.18. The number of carbonyl (C=O) groups excluding carboxylic acids is 2. The van der Waals surface area contributed by atoms with Crippen LogP contribution in [-0.2, 0) is 19.1 Å². The summed E-state index contributed by atoms with van der Waals surface area (Å²) in [4.78, 5) is 22.9. The van der Waals surface area contributed by atoms with Gasteiger partial charge in [-0.3, -0.25) is 9.59 Å². The summed E-state index contributed by atoms with van der Waals surface area (Å²) in [5, 5.41) is 0. The first-order valence-electron chi connectivity index (χ1n) is 6.98. The maximum Gasteiger partial charge on any atom is 0.306 e. The van der Waals surface area contributed by atoms with E-state index in [0.29, 0.717) is 18.9 Å². The van der Waals surface area contributed by atoms with Crippen molar-refractivity contribution in [3.63, 3.8) is 0 Å². The van der Waals surface area contributed by atoms with Crippen molar-refractivity contribution in [2.75, 3.05) is 6.61 Å². The fourth-order valence-corrected chi connectivity index (χ4v) is 1.14.